The number of nitrogens with two attached hydrogens (primary N) is 1. The Morgan fingerprint density at radius 3 is 2.74 bits per heavy atom. The smallest absolute Gasteiger partial charge is 0.163 e. The zero-order valence-electron chi connectivity index (χ0n) is 9.92. The molecule has 0 amide bonds. The number of pyridine rings is 1. The van der Waals surface area contributed by atoms with E-state index in [0.29, 0.717) is 5.56 Å². The molecule has 96 valence electrons. The summed E-state index contributed by atoms with van der Waals surface area (Å²) in [6.45, 7) is 0. The monoisotopic (exact) mass is 259 g/mol. The molecule has 0 saturated heterocycles. The predicted molar refractivity (Wildman–Crippen MR) is 67.6 cm³/mol. The first-order valence-corrected chi connectivity index (χ1v) is 5.80. The lowest BCUT2D eigenvalue weighted by molar-refractivity contribution is 0.494. The van der Waals surface area contributed by atoms with E-state index in [4.69, 9.17) is 5.73 Å². The van der Waals surface area contributed by atoms with Gasteiger partial charge in [-0.05, 0) is 18.2 Å². The van der Waals surface area contributed by atoms with Crippen molar-refractivity contribution < 1.29 is 8.78 Å². The maximum absolute atomic E-state index is 13.8. The summed E-state index contributed by atoms with van der Waals surface area (Å²) in [7, 11) is 0. The van der Waals surface area contributed by atoms with Crippen molar-refractivity contribution in [3.05, 3.63) is 71.6 Å². The van der Waals surface area contributed by atoms with E-state index in [1.165, 1.54) is 12.1 Å². The van der Waals surface area contributed by atoms with Gasteiger partial charge in [-0.15, -0.1) is 0 Å². The van der Waals surface area contributed by atoms with Crippen LogP contribution in [-0.4, -0.2) is 9.61 Å². The second kappa shape index (κ2) is 4.44. The molecule has 2 N–H and O–H groups in total. The Hall–Kier alpha value is -2.27. The van der Waals surface area contributed by atoms with Crippen LogP contribution in [0, 0.1) is 11.6 Å². The van der Waals surface area contributed by atoms with Gasteiger partial charge in [0.05, 0.1) is 17.8 Å². The molecule has 5 heteroatoms. The van der Waals surface area contributed by atoms with Gasteiger partial charge in [0.2, 0.25) is 0 Å². The summed E-state index contributed by atoms with van der Waals surface area (Å²) in [5, 5.41) is 4.14. The van der Waals surface area contributed by atoms with Crippen molar-refractivity contribution in [1.82, 2.24) is 9.61 Å². The molecule has 3 aromatic rings. The first-order valence-electron chi connectivity index (χ1n) is 5.80. The van der Waals surface area contributed by atoms with E-state index in [9.17, 15) is 8.78 Å². The molecule has 0 bridgehead atoms. The normalized spacial score (nSPS) is 12.8. The van der Waals surface area contributed by atoms with Crippen LogP contribution in [0.15, 0.2) is 48.8 Å². The Labute approximate surface area is 108 Å². The molecule has 2 aromatic heterocycles. The van der Waals surface area contributed by atoms with Crippen molar-refractivity contribution in [2.24, 2.45) is 5.73 Å². The highest BCUT2D eigenvalue weighted by Crippen LogP contribution is 2.26. The highest BCUT2D eigenvalue weighted by atomic mass is 19.2. The number of hydrogen-bond acceptors (Lipinski definition) is 2. The number of fused-ring (bicyclic) bond motifs is 1. The van der Waals surface area contributed by atoms with Gasteiger partial charge < -0.3 is 5.73 Å². The van der Waals surface area contributed by atoms with Crippen molar-refractivity contribution in [2.75, 3.05) is 0 Å². The molecule has 1 unspecified atom stereocenters. The van der Waals surface area contributed by atoms with Gasteiger partial charge >= 0.3 is 0 Å². The van der Waals surface area contributed by atoms with Crippen molar-refractivity contribution >= 4 is 5.52 Å². The van der Waals surface area contributed by atoms with Gasteiger partial charge in [-0.25, -0.2) is 13.3 Å². The molecule has 2 heterocycles. The van der Waals surface area contributed by atoms with Gasteiger partial charge in [0.1, 0.15) is 0 Å². The Balaban J connectivity index is 2.13. The lowest BCUT2D eigenvalue weighted by atomic mass is 10.00. The number of aromatic nitrogens is 2. The highest BCUT2D eigenvalue weighted by molar-refractivity contribution is 5.57. The third kappa shape index (κ3) is 1.88. The summed E-state index contributed by atoms with van der Waals surface area (Å²) in [5.74, 6) is -1.81. The first kappa shape index (κ1) is 11.8. The quantitative estimate of drug-likeness (QED) is 0.768. The standard InChI is InChI=1S/C14H11F2N3/c15-11-5-3-4-9(13(11)16)14(17)10-8-18-19-7-2-1-6-12(10)19/h1-8,14H,17H2. The van der Waals surface area contributed by atoms with Crippen LogP contribution >= 0.6 is 0 Å². The topological polar surface area (TPSA) is 43.3 Å². The van der Waals surface area contributed by atoms with Crippen LogP contribution in [0.4, 0.5) is 8.78 Å². The number of rotatable bonds is 2. The van der Waals surface area contributed by atoms with Gasteiger partial charge in [-0.3, -0.25) is 0 Å². The number of nitrogens with zero attached hydrogens (tertiary/aromatic N) is 2. The van der Waals surface area contributed by atoms with E-state index < -0.39 is 17.7 Å². The van der Waals surface area contributed by atoms with Crippen LogP contribution < -0.4 is 5.73 Å². The van der Waals surface area contributed by atoms with E-state index in [1.54, 1.807) is 16.9 Å². The average Bonchev–Trinajstić information content (AvgIpc) is 2.85. The number of hydrogen-bond donors (Lipinski definition) is 1. The molecule has 0 aliphatic rings. The summed E-state index contributed by atoms with van der Waals surface area (Å²) in [4.78, 5) is 0. The average molecular weight is 259 g/mol. The van der Waals surface area contributed by atoms with Gasteiger partial charge in [-0.2, -0.15) is 5.10 Å². The molecule has 0 fully saturated rings. The molecule has 19 heavy (non-hydrogen) atoms. The lowest BCUT2D eigenvalue weighted by Crippen LogP contribution is -2.14. The largest absolute Gasteiger partial charge is 0.320 e. The first-order chi connectivity index (χ1) is 9.18. The summed E-state index contributed by atoms with van der Waals surface area (Å²) in [6.07, 6.45) is 3.35. The van der Waals surface area contributed by atoms with Gasteiger partial charge in [-0.1, -0.05) is 18.2 Å². The fraction of sp³-hybridized carbons (Fsp3) is 0.0714. The van der Waals surface area contributed by atoms with Crippen LogP contribution in [0.3, 0.4) is 0 Å². The summed E-state index contributed by atoms with van der Waals surface area (Å²) >= 11 is 0. The van der Waals surface area contributed by atoms with Gasteiger partial charge in [0, 0.05) is 17.3 Å². The Morgan fingerprint density at radius 2 is 1.89 bits per heavy atom. The van der Waals surface area contributed by atoms with E-state index >= 15 is 0 Å². The molecule has 0 aliphatic carbocycles. The third-order valence-corrected chi connectivity index (χ3v) is 3.11. The SMILES string of the molecule is NC(c1cccc(F)c1F)c1cnn2ccccc12. The summed E-state index contributed by atoms with van der Waals surface area (Å²) in [6, 6.07) is 8.75. The van der Waals surface area contributed by atoms with E-state index in [-0.39, 0.29) is 5.56 Å². The molecule has 1 aromatic carbocycles. The summed E-state index contributed by atoms with van der Waals surface area (Å²) in [5.41, 5.74) is 7.59. The second-order valence-corrected chi connectivity index (χ2v) is 4.25. The van der Waals surface area contributed by atoms with Crippen molar-refractivity contribution in [3.8, 4) is 0 Å². The third-order valence-electron chi connectivity index (χ3n) is 3.11. The Kier molecular flexibility index (Phi) is 2.76. The van der Waals surface area contributed by atoms with Crippen molar-refractivity contribution in [2.45, 2.75) is 6.04 Å². The van der Waals surface area contributed by atoms with E-state index in [0.717, 1.165) is 11.6 Å². The minimum absolute atomic E-state index is 0.124. The van der Waals surface area contributed by atoms with Crippen molar-refractivity contribution in [3.63, 3.8) is 0 Å². The van der Waals surface area contributed by atoms with E-state index in [2.05, 4.69) is 5.10 Å². The molecule has 3 nitrogen and oxygen atoms in total. The maximum Gasteiger partial charge on any atom is 0.163 e. The zero-order chi connectivity index (χ0) is 13.4. The van der Waals surface area contributed by atoms with Gasteiger partial charge in [0.15, 0.2) is 11.6 Å². The number of benzene rings is 1. The second-order valence-electron chi connectivity index (χ2n) is 4.25. The van der Waals surface area contributed by atoms with Crippen LogP contribution in [0.5, 0.6) is 0 Å². The zero-order valence-corrected chi connectivity index (χ0v) is 9.92. The molecular formula is C14H11F2N3. The van der Waals surface area contributed by atoms with Crippen LogP contribution in [0.2, 0.25) is 0 Å². The summed E-state index contributed by atoms with van der Waals surface area (Å²) < 4.78 is 28.7. The van der Waals surface area contributed by atoms with Crippen LogP contribution in [-0.2, 0) is 0 Å². The molecule has 1 atom stereocenters. The highest BCUT2D eigenvalue weighted by Gasteiger charge is 2.19. The molecule has 0 aliphatic heterocycles. The van der Waals surface area contributed by atoms with Gasteiger partial charge in [0.25, 0.3) is 0 Å². The molecular weight excluding hydrogens is 248 g/mol. The van der Waals surface area contributed by atoms with Crippen LogP contribution in [0.25, 0.3) is 5.52 Å². The fourth-order valence-corrected chi connectivity index (χ4v) is 2.12. The van der Waals surface area contributed by atoms with E-state index in [1.807, 2.05) is 18.2 Å². The molecule has 0 spiro atoms. The molecule has 0 saturated carbocycles. The minimum Gasteiger partial charge on any atom is -0.320 e. The predicted octanol–water partition coefficient (Wildman–Crippen LogP) is 2.66. The fourth-order valence-electron chi connectivity index (χ4n) is 2.12. The Bertz CT molecular complexity index is 736. The molecule has 0 radical (unpaired) electrons. The van der Waals surface area contributed by atoms with Crippen molar-refractivity contribution in [1.29, 1.82) is 0 Å². The Morgan fingerprint density at radius 1 is 1.05 bits per heavy atom. The minimum atomic E-state index is -0.912. The number of halogens is 2. The maximum atomic E-state index is 13.8. The lowest BCUT2D eigenvalue weighted by Gasteiger charge is -2.12. The molecule has 3 rings (SSSR count). The van der Waals surface area contributed by atoms with Crippen LogP contribution in [0.1, 0.15) is 17.2 Å².